The van der Waals surface area contributed by atoms with E-state index in [1.165, 1.54) is 0 Å². The van der Waals surface area contributed by atoms with Crippen molar-refractivity contribution in [3.8, 4) is 0 Å². The van der Waals surface area contributed by atoms with E-state index < -0.39 is 0 Å². The molecule has 0 aliphatic rings. The Morgan fingerprint density at radius 1 is 1.50 bits per heavy atom. The van der Waals surface area contributed by atoms with Crippen LogP contribution in [0.1, 0.15) is 19.4 Å². The highest BCUT2D eigenvalue weighted by Gasteiger charge is 2.14. The fourth-order valence-electron chi connectivity index (χ4n) is 1.61. The summed E-state index contributed by atoms with van der Waals surface area (Å²) in [5, 5.41) is 9.28. The minimum absolute atomic E-state index is 0.0133. The van der Waals surface area contributed by atoms with Crippen LogP contribution in [0.5, 0.6) is 0 Å². The number of ether oxygens (including phenoxy) is 1. The van der Waals surface area contributed by atoms with Crippen LogP contribution in [0.25, 0.3) is 0 Å². The van der Waals surface area contributed by atoms with E-state index >= 15 is 0 Å². The van der Waals surface area contributed by atoms with Gasteiger partial charge in [0.1, 0.15) is 5.82 Å². The molecule has 1 aromatic rings. The molecule has 0 amide bonds. The van der Waals surface area contributed by atoms with Crippen molar-refractivity contribution >= 4 is 5.82 Å². The maximum Gasteiger partial charge on any atom is 0.134 e. The second-order valence-electron chi connectivity index (χ2n) is 3.92. The van der Waals surface area contributed by atoms with E-state index in [4.69, 9.17) is 4.74 Å². The minimum Gasteiger partial charge on any atom is -0.392 e. The summed E-state index contributed by atoms with van der Waals surface area (Å²) < 4.78 is 5.09. The maximum atomic E-state index is 9.28. The minimum atomic E-state index is 0.0133. The van der Waals surface area contributed by atoms with Crippen molar-refractivity contribution in [3.63, 3.8) is 0 Å². The van der Waals surface area contributed by atoms with Gasteiger partial charge in [-0.15, -0.1) is 0 Å². The number of aliphatic hydroxyl groups is 1. The molecule has 0 atom stereocenters. The van der Waals surface area contributed by atoms with Gasteiger partial charge in [-0.25, -0.2) is 4.98 Å². The van der Waals surface area contributed by atoms with Gasteiger partial charge in [0.15, 0.2) is 0 Å². The summed E-state index contributed by atoms with van der Waals surface area (Å²) in [5.41, 5.74) is 0.854. The van der Waals surface area contributed by atoms with E-state index in [0.717, 1.165) is 17.9 Å². The van der Waals surface area contributed by atoms with Crippen molar-refractivity contribution in [1.29, 1.82) is 0 Å². The largest absolute Gasteiger partial charge is 0.392 e. The first-order valence-electron chi connectivity index (χ1n) is 5.51. The molecule has 90 valence electrons. The van der Waals surface area contributed by atoms with Crippen LogP contribution in [0, 0.1) is 0 Å². The number of rotatable bonds is 6. The van der Waals surface area contributed by atoms with Crippen LogP contribution >= 0.6 is 0 Å². The van der Waals surface area contributed by atoms with E-state index in [-0.39, 0.29) is 6.61 Å². The molecule has 1 heterocycles. The standard InChI is InChI=1S/C12H20N2O2/c1-10(2)14(7-8-16-3)12-11(9-15)5-4-6-13-12/h4-6,10,15H,7-9H2,1-3H3. The van der Waals surface area contributed by atoms with Gasteiger partial charge in [0.25, 0.3) is 0 Å². The first-order valence-corrected chi connectivity index (χ1v) is 5.51. The Hall–Kier alpha value is -1.13. The average molecular weight is 224 g/mol. The van der Waals surface area contributed by atoms with Gasteiger partial charge < -0.3 is 14.7 Å². The summed E-state index contributed by atoms with van der Waals surface area (Å²) in [7, 11) is 1.68. The SMILES string of the molecule is COCCN(c1ncccc1CO)C(C)C. The third-order valence-electron chi connectivity index (χ3n) is 2.47. The molecule has 0 unspecified atom stereocenters. The van der Waals surface area contributed by atoms with Crippen molar-refractivity contribution < 1.29 is 9.84 Å². The topological polar surface area (TPSA) is 45.6 Å². The van der Waals surface area contributed by atoms with E-state index in [9.17, 15) is 5.11 Å². The van der Waals surface area contributed by atoms with Gasteiger partial charge in [0, 0.05) is 31.5 Å². The molecule has 1 rings (SSSR count). The predicted molar refractivity (Wildman–Crippen MR) is 64.5 cm³/mol. The normalized spacial score (nSPS) is 10.8. The Morgan fingerprint density at radius 2 is 2.25 bits per heavy atom. The lowest BCUT2D eigenvalue weighted by molar-refractivity contribution is 0.203. The van der Waals surface area contributed by atoms with Crippen molar-refractivity contribution in [3.05, 3.63) is 23.9 Å². The number of methoxy groups -OCH3 is 1. The number of pyridine rings is 1. The van der Waals surface area contributed by atoms with Gasteiger partial charge in [-0.3, -0.25) is 0 Å². The summed E-state index contributed by atoms with van der Waals surface area (Å²) >= 11 is 0. The lowest BCUT2D eigenvalue weighted by atomic mass is 10.2. The Kier molecular flexibility index (Phi) is 5.22. The Bertz CT molecular complexity index is 316. The van der Waals surface area contributed by atoms with Crippen molar-refractivity contribution in [2.24, 2.45) is 0 Å². The molecule has 0 saturated heterocycles. The first kappa shape index (κ1) is 12.9. The summed E-state index contributed by atoms with van der Waals surface area (Å²) in [5.74, 6) is 0.844. The molecule has 0 bridgehead atoms. The van der Waals surface area contributed by atoms with Crippen LogP contribution in [0.3, 0.4) is 0 Å². The van der Waals surface area contributed by atoms with Gasteiger partial charge in [-0.2, -0.15) is 0 Å². The molecular weight excluding hydrogens is 204 g/mol. The van der Waals surface area contributed by atoms with E-state index in [0.29, 0.717) is 12.6 Å². The molecule has 4 heteroatoms. The van der Waals surface area contributed by atoms with Crippen molar-refractivity contribution in [2.45, 2.75) is 26.5 Å². The highest BCUT2D eigenvalue weighted by atomic mass is 16.5. The van der Waals surface area contributed by atoms with E-state index in [1.54, 1.807) is 13.3 Å². The Balaban J connectivity index is 2.91. The number of hydrogen-bond donors (Lipinski definition) is 1. The van der Waals surface area contributed by atoms with Crippen molar-refractivity contribution in [2.75, 3.05) is 25.2 Å². The van der Waals surface area contributed by atoms with Crippen LogP contribution in [-0.4, -0.2) is 36.4 Å². The Morgan fingerprint density at radius 3 is 2.81 bits per heavy atom. The Labute approximate surface area is 96.9 Å². The smallest absolute Gasteiger partial charge is 0.134 e. The zero-order valence-electron chi connectivity index (χ0n) is 10.2. The number of hydrogen-bond acceptors (Lipinski definition) is 4. The molecule has 4 nitrogen and oxygen atoms in total. The number of aliphatic hydroxyl groups excluding tert-OH is 1. The third-order valence-corrected chi connectivity index (χ3v) is 2.47. The molecule has 0 radical (unpaired) electrons. The summed E-state index contributed by atoms with van der Waals surface area (Å²) in [6.07, 6.45) is 1.75. The lowest BCUT2D eigenvalue weighted by Crippen LogP contribution is -2.35. The molecule has 1 N–H and O–H groups in total. The zero-order valence-corrected chi connectivity index (χ0v) is 10.2. The van der Waals surface area contributed by atoms with Gasteiger partial charge in [0.05, 0.1) is 13.2 Å². The average Bonchev–Trinajstić information content (AvgIpc) is 2.29. The van der Waals surface area contributed by atoms with Crippen LogP contribution in [0.4, 0.5) is 5.82 Å². The molecule has 0 fully saturated rings. The third kappa shape index (κ3) is 3.18. The summed E-state index contributed by atoms with van der Waals surface area (Å²) in [6, 6.07) is 4.06. The van der Waals surface area contributed by atoms with Crippen LogP contribution in [-0.2, 0) is 11.3 Å². The van der Waals surface area contributed by atoms with Gasteiger partial charge in [-0.1, -0.05) is 6.07 Å². The molecule has 0 spiro atoms. The summed E-state index contributed by atoms with van der Waals surface area (Å²) in [6.45, 7) is 5.65. The van der Waals surface area contributed by atoms with Crippen molar-refractivity contribution in [1.82, 2.24) is 4.98 Å². The highest BCUT2D eigenvalue weighted by molar-refractivity contribution is 5.47. The molecule has 0 saturated carbocycles. The number of anilines is 1. The molecule has 1 aromatic heterocycles. The fourth-order valence-corrected chi connectivity index (χ4v) is 1.61. The van der Waals surface area contributed by atoms with Gasteiger partial charge in [0.2, 0.25) is 0 Å². The summed E-state index contributed by atoms with van der Waals surface area (Å²) in [4.78, 5) is 6.47. The quantitative estimate of drug-likeness (QED) is 0.794. The van der Waals surface area contributed by atoms with Crippen LogP contribution in [0.15, 0.2) is 18.3 Å². The van der Waals surface area contributed by atoms with E-state index in [1.807, 2.05) is 12.1 Å². The molecule has 0 aromatic carbocycles. The van der Waals surface area contributed by atoms with Gasteiger partial charge in [-0.05, 0) is 19.9 Å². The second-order valence-corrected chi connectivity index (χ2v) is 3.92. The van der Waals surface area contributed by atoms with Crippen LogP contribution in [0.2, 0.25) is 0 Å². The predicted octanol–water partition coefficient (Wildman–Crippen LogP) is 1.44. The first-order chi connectivity index (χ1) is 7.70. The monoisotopic (exact) mass is 224 g/mol. The van der Waals surface area contributed by atoms with E-state index in [2.05, 4.69) is 23.7 Å². The number of aromatic nitrogens is 1. The fraction of sp³-hybridized carbons (Fsp3) is 0.583. The molecule has 0 aliphatic carbocycles. The number of nitrogens with zero attached hydrogens (tertiary/aromatic N) is 2. The molecule has 0 aliphatic heterocycles. The maximum absolute atomic E-state index is 9.28. The van der Waals surface area contributed by atoms with Crippen LogP contribution < -0.4 is 4.90 Å². The van der Waals surface area contributed by atoms with Gasteiger partial charge >= 0.3 is 0 Å². The zero-order chi connectivity index (χ0) is 12.0. The molecular formula is C12H20N2O2. The molecule has 16 heavy (non-hydrogen) atoms. The highest BCUT2D eigenvalue weighted by Crippen LogP contribution is 2.19. The lowest BCUT2D eigenvalue weighted by Gasteiger charge is -2.29. The second kappa shape index (κ2) is 6.45.